The summed E-state index contributed by atoms with van der Waals surface area (Å²) in [4.78, 5) is 13.9. The van der Waals surface area contributed by atoms with Crippen molar-refractivity contribution in [3.63, 3.8) is 0 Å². The molecule has 8 nitrogen and oxygen atoms in total. The van der Waals surface area contributed by atoms with Gasteiger partial charge in [-0.3, -0.25) is 4.79 Å². The fourth-order valence-corrected chi connectivity index (χ4v) is 2.27. The third-order valence-electron chi connectivity index (χ3n) is 3.31. The van der Waals surface area contributed by atoms with Crippen LogP contribution in [0.1, 0.15) is 29.1 Å². The summed E-state index contributed by atoms with van der Waals surface area (Å²) in [7, 11) is 1.54. The molecule has 20 heavy (non-hydrogen) atoms. The van der Waals surface area contributed by atoms with Gasteiger partial charge >= 0.3 is 0 Å². The lowest BCUT2D eigenvalue weighted by atomic mass is 9.97. The largest absolute Gasteiger partial charge is 0.409 e. The lowest BCUT2D eigenvalue weighted by molar-refractivity contribution is 0.0690. The average molecular weight is 282 g/mol. The molecule has 2 heterocycles. The number of aromatic nitrogens is 1. The van der Waals surface area contributed by atoms with E-state index in [1.54, 1.807) is 11.0 Å². The van der Waals surface area contributed by atoms with Crippen LogP contribution in [-0.2, 0) is 11.3 Å². The molecule has 0 bridgehead atoms. The summed E-state index contributed by atoms with van der Waals surface area (Å²) in [5.74, 6) is 0.318. The minimum Gasteiger partial charge on any atom is -0.409 e. The van der Waals surface area contributed by atoms with Gasteiger partial charge in [-0.15, -0.1) is 0 Å². The van der Waals surface area contributed by atoms with Crippen LogP contribution in [0.25, 0.3) is 0 Å². The number of nitrogens with zero attached hydrogens (tertiary/aromatic N) is 3. The zero-order valence-electron chi connectivity index (χ0n) is 11.3. The van der Waals surface area contributed by atoms with Gasteiger partial charge in [-0.1, -0.05) is 10.3 Å². The Labute approximate surface area is 116 Å². The summed E-state index contributed by atoms with van der Waals surface area (Å²) >= 11 is 0. The third kappa shape index (κ3) is 3.08. The van der Waals surface area contributed by atoms with E-state index in [4.69, 9.17) is 20.2 Å². The van der Waals surface area contributed by atoms with Gasteiger partial charge in [0.2, 0.25) is 0 Å². The topological polar surface area (TPSA) is 114 Å². The monoisotopic (exact) mass is 282 g/mol. The molecule has 1 fully saturated rings. The van der Waals surface area contributed by atoms with E-state index >= 15 is 0 Å². The molecule has 1 aromatic rings. The van der Waals surface area contributed by atoms with E-state index in [1.807, 2.05) is 0 Å². The molecule has 0 spiro atoms. The van der Waals surface area contributed by atoms with E-state index in [0.29, 0.717) is 18.8 Å². The first-order valence-electron chi connectivity index (χ1n) is 6.37. The summed E-state index contributed by atoms with van der Waals surface area (Å²) in [5.41, 5.74) is 5.85. The average Bonchev–Trinajstić information content (AvgIpc) is 2.95. The van der Waals surface area contributed by atoms with Crippen LogP contribution >= 0.6 is 0 Å². The summed E-state index contributed by atoms with van der Waals surface area (Å²) in [5, 5.41) is 15.5. The number of hydrogen-bond donors (Lipinski definition) is 2. The molecular formula is C12H18N4O4. The van der Waals surface area contributed by atoms with Gasteiger partial charge in [-0.25, -0.2) is 0 Å². The van der Waals surface area contributed by atoms with Crippen LogP contribution in [-0.4, -0.2) is 47.2 Å². The number of ether oxygens (including phenoxy) is 1. The summed E-state index contributed by atoms with van der Waals surface area (Å²) < 4.78 is 9.91. The molecule has 1 atom stereocenters. The molecule has 110 valence electrons. The van der Waals surface area contributed by atoms with Crippen molar-refractivity contribution in [2.24, 2.45) is 16.8 Å². The zero-order valence-corrected chi connectivity index (χ0v) is 11.3. The zero-order chi connectivity index (χ0) is 14.5. The highest BCUT2D eigenvalue weighted by Gasteiger charge is 2.28. The highest BCUT2D eigenvalue weighted by atomic mass is 16.5. The van der Waals surface area contributed by atoms with Crippen molar-refractivity contribution in [2.45, 2.75) is 19.4 Å². The van der Waals surface area contributed by atoms with E-state index in [0.717, 1.165) is 12.8 Å². The fraction of sp³-hybridized carbons (Fsp3) is 0.583. The van der Waals surface area contributed by atoms with Gasteiger partial charge in [0, 0.05) is 32.2 Å². The van der Waals surface area contributed by atoms with Crippen molar-refractivity contribution in [3.05, 3.63) is 17.5 Å². The Kier molecular flexibility index (Phi) is 4.57. The smallest absolute Gasteiger partial charge is 0.276 e. The van der Waals surface area contributed by atoms with Gasteiger partial charge in [0.25, 0.3) is 5.91 Å². The predicted octanol–water partition coefficient (Wildman–Crippen LogP) is 0.420. The molecule has 3 N–H and O–H groups in total. The molecule has 0 aliphatic carbocycles. The number of amides is 1. The number of piperidine rings is 1. The number of carbonyl (C=O) groups is 1. The van der Waals surface area contributed by atoms with Crippen LogP contribution in [0.5, 0.6) is 0 Å². The molecule has 1 aliphatic heterocycles. The maximum atomic E-state index is 12.3. The van der Waals surface area contributed by atoms with Gasteiger partial charge in [0.1, 0.15) is 12.4 Å². The minimum absolute atomic E-state index is 0.122. The van der Waals surface area contributed by atoms with Crippen LogP contribution in [0.2, 0.25) is 0 Å². The number of likely N-dealkylation sites (tertiary alicyclic amines) is 1. The van der Waals surface area contributed by atoms with Gasteiger partial charge in [0.05, 0.1) is 0 Å². The Morgan fingerprint density at radius 2 is 2.55 bits per heavy atom. The number of methoxy groups -OCH3 is 1. The van der Waals surface area contributed by atoms with E-state index in [2.05, 4.69) is 10.3 Å². The normalized spacial score (nSPS) is 20.1. The molecule has 1 aromatic heterocycles. The molecule has 0 aromatic carbocycles. The SMILES string of the molecule is COCc1cc(C(=O)N2CCCC(C(N)=NO)C2)no1. The molecule has 0 radical (unpaired) electrons. The molecule has 1 aliphatic rings. The first-order valence-corrected chi connectivity index (χ1v) is 6.37. The molecular weight excluding hydrogens is 264 g/mol. The predicted molar refractivity (Wildman–Crippen MR) is 69.3 cm³/mol. The number of hydrogen-bond acceptors (Lipinski definition) is 6. The van der Waals surface area contributed by atoms with Crippen molar-refractivity contribution in [1.82, 2.24) is 10.1 Å². The maximum absolute atomic E-state index is 12.3. The second-order valence-corrected chi connectivity index (χ2v) is 4.73. The summed E-state index contributed by atoms with van der Waals surface area (Å²) in [6, 6.07) is 1.57. The number of carbonyl (C=O) groups excluding carboxylic acids is 1. The van der Waals surface area contributed by atoms with Crippen molar-refractivity contribution < 1.29 is 19.3 Å². The Hall–Kier alpha value is -2.09. The van der Waals surface area contributed by atoms with E-state index < -0.39 is 0 Å². The first kappa shape index (κ1) is 14.3. The fourth-order valence-electron chi connectivity index (χ4n) is 2.27. The molecule has 0 saturated carbocycles. The van der Waals surface area contributed by atoms with Gasteiger partial charge in [-0.2, -0.15) is 0 Å². The molecule has 1 unspecified atom stereocenters. The first-order chi connectivity index (χ1) is 9.65. The third-order valence-corrected chi connectivity index (χ3v) is 3.31. The molecule has 2 rings (SSSR count). The molecule has 1 saturated heterocycles. The molecule has 8 heteroatoms. The maximum Gasteiger partial charge on any atom is 0.276 e. The second-order valence-electron chi connectivity index (χ2n) is 4.73. The second kappa shape index (κ2) is 6.38. The van der Waals surface area contributed by atoms with Gasteiger partial charge < -0.3 is 25.1 Å². The van der Waals surface area contributed by atoms with Crippen LogP contribution < -0.4 is 5.73 Å². The highest BCUT2D eigenvalue weighted by molar-refractivity contribution is 5.93. The number of amidine groups is 1. The number of nitrogens with two attached hydrogens (primary N) is 1. The Balaban J connectivity index is 2.04. The van der Waals surface area contributed by atoms with E-state index in [1.165, 1.54) is 7.11 Å². The lowest BCUT2D eigenvalue weighted by Crippen LogP contribution is -2.44. The highest BCUT2D eigenvalue weighted by Crippen LogP contribution is 2.19. The van der Waals surface area contributed by atoms with Crippen molar-refractivity contribution in [3.8, 4) is 0 Å². The van der Waals surface area contributed by atoms with Crippen LogP contribution in [0.3, 0.4) is 0 Å². The Morgan fingerprint density at radius 1 is 1.75 bits per heavy atom. The van der Waals surface area contributed by atoms with Crippen LogP contribution in [0, 0.1) is 5.92 Å². The van der Waals surface area contributed by atoms with Gasteiger partial charge in [0.15, 0.2) is 11.5 Å². The van der Waals surface area contributed by atoms with E-state index in [9.17, 15) is 4.79 Å². The number of oxime groups is 1. The van der Waals surface area contributed by atoms with Crippen LogP contribution in [0.15, 0.2) is 15.7 Å². The van der Waals surface area contributed by atoms with Gasteiger partial charge in [-0.05, 0) is 12.8 Å². The van der Waals surface area contributed by atoms with Crippen molar-refractivity contribution >= 4 is 11.7 Å². The van der Waals surface area contributed by atoms with Crippen molar-refractivity contribution in [2.75, 3.05) is 20.2 Å². The summed E-state index contributed by atoms with van der Waals surface area (Å²) in [6.45, 7) is 1.31. The Morgan fingerprint density at radius 3 is 3.25 bits per heavy atom. The summed E-state index contributed by atoms with van der Waals surface area (Å²) in [6.07, 6.45) is 1.60. The lowest BCUT2D eigenvalue weighted by Gasteiger charge is -2.31. The standard InChI is InChI=1S/C12H18N4O4/c1-19-7-9-5-10(15-20-9)12(17)16-4-2-3-8(6-16)11(13)14-18/h5,8,18H,2-4,6-7H2,1H3,(H2,13,14). The van der Waals surface area contributed by atoms with Crippen molar-refractivity contribution in [1.29, 1.82) is 0 Å². The molecule has 1 amide bonds. The van der Waals surface area contributed by atoms with E-state index in [-0.39, 0.29) is 30.0 Å². The quantitative estimate of drug-likeness (QED) is 0.358. The Bertz CT molecular complexity index is 499. The minimum atomic E-state index is -0.216. The number of rotatable bonds is 4. The van der Waals surface area contributed by atoms with Crippen LogP contribution in [0.4, 0.5) is 0 Å².